The maximum absolute atomic E-state index is 12.5. The number of carbonyl (C=O) groups excluding carboxylic acids is 1. The normalized spacial score (nSPS) is 13.2. The van der Waals surface area contributed by atoms with Crippen molar-refractivity contribution < 1.29 is 4.79 Å². The molecule has 0 aliphatic carbocycles. The van der Waals surface area contributed by atoms with Crippen LogP contribution in [0.4, 0.5) is 0 Å². The molecule has 0 aliphatic heterocycles. The molecule has 2 aromatic rings. The fourth-order valence-electron chi connectivity index (χ4n) is 1.94. The Kier molecular flexibility index (Phi) is 5.39. The SMILES string of the molecule is CN=C(C=C(N)C(C)(C)C)NC(=O)c1ccc2cc(Br)cnc2c1. The van der Waals surface area contributed by atoms with Gasteiger partial charge < -0.3 is 11.1 Å². The van der Waals surface area contributed by atoms with Crippen molar-refractivity contribution in [2.24, 2.45) is 16.1 Å². The Labute approximate surface area is 150 Å². The summed E-state index contributed by atoms with van der Waals surface area (Å²) in [6.45, 7) is 6.00. The Morgan fingerprint density at radius 2 is 2.04 bits per heavy atom. The summed E-state index contributed by atoms with van der Waals surface area (Å²) in [7, 11) is 1.61. The molecule has 5 nitrogen and oxygen atoms in total. The molecule has 0 fully saturated rings. The van der Waals surface area contributed by atoms with Crippen molar-refractivity contribution in [1.29, 1.82) is 0 Å². The maximum atomic E-state index is 12.5. The summed E-state index contributed by atoms with van der Waals surface area (Å²) < 4.78 is 0.899. The van der Waals surface area contributed by atoms with Gasteiger partial charge in [0.25, 0.3) is 5.91 Å². The van der Waals surface area contributed by atoms with Gasteiger partial charge in [0.2, 0.25) is 0 Å². The number of allylic oxidation sites excluding steroid dienone is 1. The standard InChI is InChI=1S/C18H21BrN4O/c1-18(2,3)15(20)9-16(21-4)23-17(24)12-6-5-11-7-13(19)10-22-14(11)8-12/h5-10H,20H2,1-4H3,(H,21,23,24). The molecule has 1 aromatic carbocycles. The molecule has 0 atom stereocenters. The van der Waals surface area contributed by atoms with Crippen molar-refractivity contribution >= 4 is 38.6 Å². The van der Waals surface area contributed by atoms with Crippen LogP contribution in [-0.2, 0) is 0 Å². The zero-order valence-corrected chi connectivity index (χ0v) is 15.8. The fourth-order valence-corrected chi connectivity index (χ4v) is 2.29. The van der Waals surface area contributed by atoms with Crippen LogP contribution in [0.1, 0.15) is 31.1 Å². The van der Waals surface area contributed by atoms with E-state index < -0.39 is 0 Å². The first-order valence-corrected chi connectivity index (χ1v) is 8.31. The Hall–Kier alpha value is -2.21. The molecule has 1 amide bonds. The molecule has 0 saturated heterocycles. The highest BCUT2D eigenvalue weighted by Crippen LogP contribution is 2.20. The van der Waals surface area contributed by atoms with Crippen LogP contribution in [0, 0.1) is 5.41 Å². The highest BCUT2D eigenvalue weighted by atomic mass is 79.9. The molecular formula is C18H21BrN4O. The minimum Gasteiger partial charge on any atom is -0.401 e. The van der Waals surface area contributed by atoms with Crippen LogP contribution in [-0.4, -0.2) is 23.8 Å². The van der Waals surface area contributed by atoms with Crippen LogP contribution in [0.3, 0.4) is 0 Å². The van der Waals surface area contributed by atoms with E-state index in [4.69, 9.17) is 5.73 Å². The minimum atomic E-state index is -0.250. The molecular weight excluding hydrogens is 368 g/mol. The topological polar surface area (TPSA) is 80.4 Å². The monoisotopic (exact) mass is 388 g/mol. The Bertz CT molecular complexity index is 835. The molecule has 0 bridgehead atoms. The Morgan fingerprint density at radius 3 is 2.67 bits per heavy atom. The molecule has 0 unspecified atom stereocenters. The van der Waals surface area contributed by atoms with Crippen LogP contribution < -0.4 is 11.1 Å². The van der Waals surface area contributed by atoms with Gasteiger partial charge in [0.05, 0.1) is 5.52 Å². The molecule has 3 N–H and O–H groups in total. The number of nitrogens with two attached hydrogens (primary N) is 1. The lowest BCUT2D eigenvalue weighted by molar-refractivity contribution is 0.0977. The second-order valence-electron chi connectivity index (χ2n) is 6.47. The van der Waals surface area contributed by atoms with E-state index in [1.165, 1.54) is 0 Å². The van der Waals surface area contributed by atoms with Crippen LogP contribution in [0.15, 0.2) is 51.7 Å². The molecule has 24 heavy (non-hydrogen) atoms. The smallest absolute Gasteiger partial charge is 0.256 e. The third-order valence-corrected chi connectivity index (χ3v) is 3.99. The Morgan fingerprint density at radius 1 is 1.33 bits per heavy atom. The van der Waals surface area contributed by atoms with Gasteiger partial charge in [-0.1, -0.05) is 26.8 Å². The summed E-state index contributed by atoms with van der Waals surface area (Å²) in [6, 6.07) is 7.33. The second kappa shape index (κ2) is 7.13. The van der Waals surface area contributed by atoms with Crippen molar-refractivity contribution in [2.45, 2.75) is 20.8 Å². The van der Waals surface area contributed by atoms with E-state index in [0.29, 0.717) is 17.1 Å². The van der Waals surface area contributed by atoms with Crippen molar-refractivity contribution in [3.8, 4) is 0 Å². The second-order valence-corrected chi connectivity index (χ2v) is 7.39. The molecule has 1 aromatic heterocycles. The lowest BCUT2D eigenvalue weighted by Crippen LogP contribution is -2.31. The summed E-state index contributed by atoms with van der Waals surface area (Å²) in [5.74, 6) is 0.177. The predicted molar refractivity (Wildman–Crippen MR) is 102 cm³/mol. The highest BCUT2D eigenvalue weighted by molar-refractivity contribution is 9.10. The van der Waals surface area contributed by atoms with E-state index in [9.17, 15) is 4.79 Å². The van der Waals surface area contributed by atoms with Gasteiger partial charge in [-0.25, -0.2) is 0 Å². The van der Waals surface area contributed by atoms with Gasteiger partial charge in [0, 0.05) is 39.8 Å². The first kappa shape index (κ1) is 18.1. The van der Waals surface area contributed by atoms with Gasteiger partial charge in [0.1, 0.15) is 5.84 Å². The first-order valence-electron chi connectivity index (χ1n) is 7.52. The molecule has 0 saturated carbocycles. The summed E-state index contributed by atoms with van der Waals surface area (Å²) in [5.41, 5.74) is 7.77. The van der Waals surface area contributed by atoms with Gasteiger partial charge in [-0.3, -0.25) is 14.8 Å². The lowest BCUT2D eigenvalue weighted by Gasteiger charge is -2.19. The van der Waals surface area contributed by atoms with Gasteiger partial charge in [-0.2, -0.15) is 0 Å². The first-order chi connectivity index (χ1) is 11.2. The minimum absolute atomic E-state index is 0.194. The number of halogens is 1. The van der Waals surface area contributed by atoms with E-state index >= 15 is 0 Å². The number of hydrogen-bond donors (Lipinski definition) is 2. The number of benzene rings is 1. The number of nitrogens with zero attached hydrogens (tertiary/aromatic N) is 2. The summed E-state index contributed by atoms with van der Waals surface area (Å²) in [6.07, 6.45) is 3.39. The molecule has 2 rings (SSSR count). The summed E-state index contributed by atoms with van der Waals surface area (Å²) >= 11 is 3.38. The van der Waals surface area contributed by atoms with E-state index in [1.807, 2.05) is 32.9 Å². The third kappa shape index (κ3) is 4.41. The van der Waals surface area contributed by atoms with Crippen molar-refractivity contribution in [1.82, 2.24) is 10.3 Å². The van der Waals surface area contributed by atoms with Crippen molar-refractivity contribution in [2.75, 3.05) is 7.05 Å². The van der Waals surface area contributed by atoms with Gasteiger partial charge in [-0.15, -0.1) is 0 Å². The van der Waals surface area contributed by atoms with Gasteiger partial charge in [0.15, 0.2) is 0 Å². The Balaban J connectivity index is 2.24. The van der Waals surface area contributed by atoms with Crippen molar-refractivity contribution in [3.63, 3.8) is 0 Å². The van der Waals surface area contributed by atoms with Crippen LogP contribution in [0.2, 0.25) is 0 Å². The van der Waals surface area contributed by atoms with Gasteiger partial charge in [-0.05, 0) is 40.2 Å². The number of aliphatic imine (C=N–C) groups is 1. The molecule has 6 heteroatoms. The number of fused-ring (bicyclic) bond motifs is 1. The van der Waals surface area contributed by atoms with E-state index in [-0.39, 0.29) is 11.3 Å². The average Bonchev–Trinajstić information content (AvgIpc) is 2.52. The third-order valence-electron chi connectivity index (χ3n) is 3.55. The number of nitrogens with one attached hydrogen (secondary N) is 1. The number of rotatable bonds is 2. The van der Waals surface area contributed by atoms with Gasteiger partial charge >= 0.3 is 0 Å². The number of hydrogen-bond acceptors (Lipinski definition) is 4. The van der Waals surface area contributed by atoms with Crippen LogP contribution >= 0.6 is 15.9 Å². The zero-order chi connectivity index (χ0) is 17.9. The average molecular weight is 389 g/mol. The van der Waals surface area contributed by atoms with Crippen LogP contribution in [0.5, 0.6) is 0 Å². The number of amidine groups is 1. The number of aromatic nitrogens is 1. The fraction of sp³-hybridized carbons (Fsp3) is 0.278. The largest absolute Gasteiger partial charge is 0.401 e. The highest BCUT2D eigenvalue weighted by Gasteiger charge is 2.15. The lowest BCUT2D eigenvalue weighted by atomic mass is 9.92. The number of pyridine rings is 1. The van der Waals surface area contributed by atoms with Crippen molar-refractivity contribution in [3.05, 3.63) is 52.3 Å². The molecule has 0 spiro atoms. The zero-order valence-electron chi connectivity index (χ0n) is 14.2. The van der Waals surface area contributed by atoms with E-state index in [1.54, 1.807) is 31.5 Å². The molecule has 126 valence electrons. The van der Waals surface area contributed by atoms with E-state index in [2.05, 4.69) is 31.2 Å². The number of carbonyl (C=O) groups is 1. The quantitative estimate of drug-likeness (QED) is 0.608. The summed E-state index contributed by atoms with van der Waals surface area (Å²) in [5, 5.41) is 3.74. The number of amides is 1. The van der Waals surface area contributed by atoms with E-state index in [0.717, 1.165) is 15.4 Å². The van der Waals surface area contributed by atoms with Crippen LogP contribution in [0.25, 0.3) is 10.9 Å². The molecule has 0 aliphatic rings. The molecule has 0 radical (unpaired) electrons. The summed E-state index contributed by atoms with van der Waals surface area (Å²) in [4.78, 5) is 20.9. The molecule has 1 heterocycles. The maximum Gasteiger partial charge on any atom is 0.256 e. The predicted octanol–water partition coefficient (Wildman–Crippen LogP) is 3.64.